The minimum Gasteiger partial charge on any atom is -0.495 e. The molecule has 0 aliphatic rings. The monoisotopic (exact) mass is 369 g/mol. The van der Waals surface area contributed by atoms with Crippen LogP contribution in [0.3, 0.4) is 0 Å². The lowest BCUT2D eigenvalue weighted by Gasteiger charge is -2.23. The zero-order valence-electron chi connectivity index (χ0n) is 16.4. The van der Waals surface area contributed by atoms with E-state index in [0.717, 1.165) is 11.3 Å². The molecule has 0 unspecified atom stereocenters. The molecule has 4 N–H and O–H groups in total. The van der Waals surface area contributed by atoms with Crippen molar-refractivity contribution in [3.05, 3.63) is 53.6 Å². The number of methoxy groups -OCH3 is 1. The summed E-state index contributed by atoms with van der Waals surface area (Å²) in [6.45, 7) is 8.16. The molecule has 0 aliphatic heterocycles. The van der Waals surface area contributed by atoms with E-state index in [0.29, 0.717) is 17.0 Å². The van der Waals surface area contributed by atoms with Gasteiger partial charge in [0.1, 0.15) is 11.8 Å². The highest BCUT2D eigenvalue weighted by Crippen LogP contribution is 2.31. The first kappa shape index (κ1) is 20.3. The van der Waals surface area contributed by atoms with E-state index in [-0.39, 0.29) is 11.3 Å². The normalized spacial score (nSPS) is 12.2. The number of nitrogens with two attached hydrogens (primary N) is 1. The van der Waals surface area contributed by atoms with Gasteiger partial charge in [-0.3, -0.25) is 9.59 Å². The molecule has 0 fully saturated rings. The first-order valence-electron chi connectivity index (χ1n) is 8.77. The number of ether oxygens (including phenoxy) is 1. The molecule has 2 amide bonds. The third-order valence-corrected chi connectivity index (χ3v) is 4.27. The highest BCUT2D eigenvalue weighted by molar-refractivity contribution is 5.97. The van der Waals surface area contributed by atoms with Crippen molar-refractivity contribution < 1.29 is 14.3 Å². The molecule has 0 aliphatic carbocycles. The second-order valence-corrected chi connectivity index (χ2v) is 7.46. The summed E-state index contributed by atoms with van der Waals surface area (Å²) in [7, 11) is 1.60. The summed E-state index contributed by atoms with van der Waals surface area (Å²) in [4.78, 5) is 23.6. The second-order valence-electron chi connectivity index (χ2n) is 7.46. The molecule has 0 bridgehead atoms. The van der Waals surface area contributed by atoms with Crippen LogP contribution < -0.4 is 21.1 Å². The van der Waals surface area contributed by atoms with Crippen molar-refractivity contribution in [1.29, 1.82) is 0 Å². The van der Waals surface area contributed by atoms with E-state index in [9.17, 15) is 9.59 Å². The second kappa shape index (κ2) is 8.12. The Morgan fingerprint density at radius 1 is 1.07 bits per heavy atom. The van der Waals surface area contributed by atoms with Crippen molar-refractivity contribution in [2.45, 2.75) is 39.2 Å². The fourth-order valence-electron chi connectivity index (χ4n) is 2.55. The molecule has 6 heteroatoms. The quantitative estimate of drug-likeness (QED) is 0.726. The molecule has 6 nitrogen and oxygen atoms in total. The number of rotatable bonds is 6. The Bertz CT molecular complexity index is 824. The van der Waals surface area contributed by atoms with Crippen molar-refractivity contribution in [2.24, 2.45) is 5.73 Å². The Kier molecular flexibility index (Phi) is 6.10. The summed E-state index contributed by atoms with van der Waals surface area (Å²) >= 11 is 0. The molecule has 0 radical (unpaired) electrons. The lowest BCUT2D eigenvalue weighted by molar-refractivity contribution is -0.116. The van der Waals surface area contributed by atoms with Crippen LogP contribution in [0.1, 0.15) is 43.6 Å². The van der Waals surface area contributed by atoms with Gasteiger partial charge in [-0.05, 0) is 54.3 Å². The number of amides is 2. The maximum absolute atomic E-state index is 12.5. The molecule has 0 saturated carbocycles. The van der Waals surface area contributed by atoms with Gasteiger partial charge in [-0.25, -0.2) is 0 Å². The predicted octanol–water partition coefficient (Wildman–Crippen LogP) is 3.53. The van der Waals surface area contributed by atoms with Crippen LogP contribution in [0, 0.1) is 0 Å². The van der Waals surface area contributed by atoms with E-state index in [1.807, 2.05) is 18.2 Å². The van der Waals surface area contributed by atoms with Gasteiger partial charge in [0.05, 0.1) is 12.8 Å². The molecule has 144 valence electrons. The SMILES string of the molecule is COc1ccc(C(C)(C)C)cc1N[C@@H](C)C(=O)Nc1ccc(C(N)=O)cc1. The predicted molar refractivity (Wildman–Crippen MR) is 108 cm³/mol. The standard InChI is InChI=1S/C21H27N3O3/c1-13(20(26)24-16-9-6-14(7-10-16)19(22)25)23-17-12-15(21(2,3)4)8-11-18(17)27-5/h6-13,23H,1-5H3,(H2,22,25)(H,24,26)/t13-/m0/s1. The minimum absolute atomic E-state index is 0.0175. The molecular formula is C21H27N3O3. The number of nitrogens with one attached hydrogen (secondary N) is 2. The van der Waals surface area contributed by atoms with Gasteiger partial charge in [0.15, 0.2) is 0 Å². The number of anilines is 2. The molecule has 2 rings (SSSR count). The average Bonchev–Trinajstić information content (AvgIpc) is 2.61. The Hall–Kier alpha value is -3.02. The zero-order chi connectivity index (χ0) is 20.2. The van der Waals surface area contributed by atoms with E-state index < -0.39 is 11.9 Å². The molecule has 2 aromatic carbocycles. The van der Waals surface area contributed by atoms with Gasteiger partial charge < -0.3 is 21.1 Å². The third-order valence-electron chi connectivity index (χ3n) is 4.27. The van der Waals surface area contributed by atoms with E-state index in [4.69, 9.17) is 10.5 Å². The average molecular weight is 369 g/mol. The van der Waals surface area contributed by atoms with Gasteiger partial charge in [-0.2, -0.15) is 0 Å². The van der Waals surface area contributed by atoms with Crippen LogP contribution in [-0.2, 0) is 10.2 Å². The summed E-state index contributed by atoms with van der Waals surface area (Å²) in [5, 5.41) is 6.03. The van der Waals surface area contributed by atoms with Gasteiger partial charge >= 0.3 is 0 Å². The highest BCUT2D eigenvalue weighted by atomic mass is 16.5. The first-order chi connectivity index (χ1) is 12.6. The van der Waals surface area contributed by atoms with E-state index in [1.54, 1.807) is 38.3 Å². The molecule has 2 aromatic rings. The molecule has 0 saturated heterocycles. The van der Waals surface area contributed by atoms with E-state index in [1.165, 1.54) is 0 Å². The lowest BCUT2D eigenvalue weighted by Crippen LogP contribution is -2.32. The van der Waals surface area contributed by atoms with Crippen molar-refractivity contribution in [3.63, 3.8) is 0 Å². The third kappa shape index (κ3) is 5.23. The first-order valence-corrected chi connectivity index (χ1v) is 8.77. The largest absolute Gasteiger partial charge is 0.495 e. The van der Waals surface area contributed by atoms with Crippen LogP contribution in [0.5, 0.6) is 5.75 Å². The Morgan fingerprint density at radius 3 is 2.22 bits per heavy atom. The molecule has 0 aromatic heterocycles. The van der Waals surface area contributed by atoms with Gasteiger partial charge in [0, 0.05) is 11.3 Å². The minimum atomic E-state index is -0.506. The van der Waals surface area contributed by atoms with Crippen molar-refractivity contribution >= 4 is 23.2 Å². The van der Waals surface area contributed by atoms with Crippen LogP contribution in [0.2, 0.25) is 0 Å². The molecule has 1 atom stereocenters. The zero-order valence-corrected chi connectivity index (χ0v) is 16.4. The summed E-state index contributed by atoms with van der Waals surface area (Å²) in [6.07, 6.45) is 0. The van der Waals surface area contributed by atoms with Crippen LogP contribution in [0.15, 0.2) is 42.5 Å². The topological polar surface area (TPSA) is 93.4 Å². The Labute approximate surface area is 160 Å². The van der Waals surface area contributed by atoms with Crippen LogP contribution in [0.25, 0.3) is 0 Å². The van der Waals surface area contributed by atoms with Crippen molar-refractivity contribution in [1.82, 2.24) is 0 Å². The van der Waals surface area contributed by atoms with E-state index >= 15 is 0 Å². The smallest absolute Gasteiger partial charge is 0.248 e. The number of primary amides is 1. The summed E-state index contributed by atoms with van der Waals surface area (Å²) in [5.41, 5.74) is 8.09. The van der Waals surface area contributed by atoms with Gasteiger partial charge in [0.25, 0.3) is 0 Å². The fraction of sp³-hybridized carbons (Fsp3) is 0.333. The van der Waals surface area contributed by atoms with Gasteiger partial charge in [-0.1, -0.05) is 26.8 Å². The lowest BCUT2D eigenvalue weighted by atomic mass is 9.86. The molecular weight excluding hydrogens is 342 g/mol. The Morgan fingerprint density at radius 2 is 1.70 bits per heavy atom. The molecule has 27 heavy (non-hydrogen) atoms. The maximum atomic E-state index is 12.5. The summed E-state index contributed by atoms with van der Waals surface area (Å²) in [5.74, 6) is -0.0350. The number of benzene rings is 2. The summed E-state index contributed by atoms with van der Waals surface area (Å²) in [6, 6.07) is 11.9. The number of hydrogen-bond acceptors (Lipinski definition) is 4. The molecule has 0 heterocycles. The highest BCUT2D eigenvalue weighted by Gasteiger charge is 2.19. The van der Waals surface area contributed by atoms with Crippen LogP contribution in [-0.4, -0.2) is 25.0 Å². The van der Waals surface area contributed by atoms with Crippen LogP contribution >= 0.6 is 0 Å². The number of hydrogen-bond donors (Lipinski definition) is 3. The van der Waals surface area contributed by atoms with Gasteiger partial charge in [-0.15, -0.1) is 0 Å². The summed E-state index contributed by atoms with van der Waals surface area (Å²) < 4.78 is 5.41. The number of carbonyl (C=O) groups is 2. The van der Waals surface area contributed by atoms with Crippen molar-refractivity contribution in [3.8, 4) is 5.75 Å². The number of carbonyl (C=O) groups excluding carboxylic acids is 2. The molecule has 0 spiro atoms. The van der Waals surface area contributed by atoms with Gasteiger partial charge in [0.2, 0.25) is 11.8 Å². The Balaban J connectivity index is 2.12. The van der Waals surface area contributed by atoms with E-state index in [2.05, 4.69) is 31.4 Å². The van der Waals surface area contributed by atoms with Crippen LogP contribution in [0.4, 0.5) is 11.4 Å². The fourth-order valence-corrected chi connectivity index (χ4v) is 2.55. The maximum Gasteiger partial charge on any atom is 0.248 e. The van der Waals surface area contributed by atoms with Crippen molar-refractivity contribution in [2.75, 3.05) is 17.7 Å².